The van der Waals surface area contributed by atoms with E-state index in [1.807, 2.05) is 9.80 Å². The third-order valence-corrected chi connectivity index (χ3v) is 3.12. The lowest BCUT2D eigenvalue weighted by molar-refractivity contribution is 0.133. The molecule has 0 unspecified atom stereocenters. The molecule has 2 aliphatic rings. The Morgan fingerprint density at radius 1 is 1.20 bits per heavy atom. The normalized spacial score (nSPS) is 27.9. The quantitative estimate of drug-likeness (QED) is 0.565. The number of nitrogens with zero attached hydrogens (tertiary/aromatic N) is 2. The second-order valence-corrected chi connectivity index (χ2v) is 4.37. The molecule has 15 heavy (non-hydrogen) atoms. The van der Waals surface area contributed by atoms with E-state index in [1.54, 1.807) is 0 Å². The molecule has 0 spiro atoms. The van der Waals surface area contributed by atoms with Gasteiger partial charge in [-0.2, -0.15) is 0 Å². The van der Waals surface area contributed by atoms with Gasteiger partial charge in [-0.25, -0.2) is 4.79 Å². The molecule has 86 valence electrons. The maximum absolute atomic E-state index is 12.1. The predicted octanol–water partition coefficient (Wildman–Crippen LogP) is -0.565. The summed E-state index contributed by atoms with van der Waals surface area (Å²) >= 11 is 0. The molecule has 0 aromatic rings. The SMILES string of the molecule is N[C@H]1CCCN(C(=O)N2CCNCC2)C1. The van der Waals surface area contributed by atoms with Crippen LogP contribution in [-0.2, 0) is 0 Å². The summed E-state index contributed by atoms with van der Waals surface area (Å²) in [4.78, 5) is 15.9. The van der Waals surface area contributed by atoms with E-state index in [1.165, 1.54) is 0 Å². The average molecular weight is 212 g/mol. The van der Waals surface area contributed by atoms with Gasteiger partial charge in [-0.05, 0) is 12.8 Å². The Morgan fingerprint density at radius 3 is 2.60 bits per heavy atom. The molecule has 5 nitrogen and oxygen atoms in total. The molecule has 3 N–H and O–H groups in total. The van der Waals surface area contributed by atoms with Gasteiger partial charge in [0.05, 0.1) is 0 Å². The van der Waals surface area contributed by atoms with Crippen molar-refractivity contribution in [3.63, 3.8) is 0 Å². The van der Waals surface area contributed by atoms with Crippen molar-refractivity contribution >= 4 is 6.03 Å². The summed E-state index contributed by atoms with van der Waals surface area (Å²) in [6, 6.07) is 0.345. The van der Waals surface area contributed by atoms with Crippen LogP contribution in [0, 0.1) is 0 Å². The molecule has 0 saturated carbocycles. The lowest BCUT2D eigenvalue weighted by Crippen LogP contribution is -2.55. The minimum absolute atomic E-state index is 0.172. The van der Waals surface area contributed by atoms with Gasteiger partial charge in [0.25, 0.3) is 0 Å². The number of nitrogens with two attached hydrogens (primary N) is 1. The summed E-state index contributed by atoms with van der Waals surface area (Å²) in [6.45, 7) is 5.06. The first-order valence-corrected chi connectivity index (χ1v) is 5.77. The molecule has 5 heteroatoms. The summed E-state index contributed by atoms with van der Waals surface area (Å²) in [5.41, 5.74) is 5.87. The molecule has 2 saturated heterocycles. The Labute approximate surface area is 90.6 Å². The van der Waals surface area contributed by atoms with Crippen LogP contribution in [0.4, 0.5) is 4.79 Å². The largest absolute Gasteiger partial charge is 0.326 e. The number of hydrogen-bond acceptors (Lipinski definition) is 3. The van der Waals surface area contributed by atoms with Crippen LogP contribution in [0.15, 0.2) is 0 Å². The first-order chi connectivity index (χ1) is 7.27. The zero-order chi connectivity index (χ0) is 10.7. The van der Waals surface area contributed by atoms with Gasteiger partial charge in [-0.3, -0.25) is 0 Å². The van der Waals surface area contributed by atoms with Crippen LogP contribution >= 0.6 is 0 Å². The molecule has 2 fully saturated rings. The summed E-state index contributed by atoms with van der Waals surface area (Å²) < 4.78 is 0. The van der Waals surface area contributed by atoms with E-state index in [2.05, 4.69) is 5.32 Å². The number of rotatable bonds is 0. The number of hydrogen-bond donors (Lipinski definition) is 2. The number of nitrogens with one attached hydrogen (secondary N) is 1. The Bertz CT molecular complexity index is 227. The highest BCUT2D eigenvalue weighted by Crippen LogP contribution is 2.11. The molecule has 2 aliphatic heterocycles. The van der Waals surface area contributed by atoms with Gasteiger partial charge < -0.3 is 20.9 Å². The van der Waals surface area contributed by atoms with E-state index in [9.17, 15) is 4.79 Å². The van der Waals surface area contributed by atoms with Crippen molar-refractivity contribution in [1.82, 2.24) is 15.1 Å². The standard InChI is InChI=1S/C10H20N4O/c11-9-2-1-5-14(8-9)10(15)13-6-3-12-4-7-13/h9,12H,1-8,11H2/t9-/m0/s1. The molecule has 0 aromatic carbocycles. The zero-order valence-corrected chi connectivity index (χ0v) is 9.11. The van der Waals surface area contributed by atoms with Crippen LogP contribution < -0.4 is 11.1 Å². The van der Waals surface area contributed by atoms with Crippen LogP contribution in [0.25, 0.3) is 0 Å². The molecule has 2 rings (SSSR count). The fourth-order valence-corrected chi connectivity index (χ4v) is 2.24. The summed E-state index contributed by atoms with van der Waals surface area (Å²) in [5, 5.41) is 3.24. The number of likely N-dealkylation sites (tertiary alicyclic amines) is 1. The number of carbonyl (C=O) groups is 1. The molecule has 2 heterocycles. The third-order valence-electron chi connectivity index (χ3n) is 3.12. The molecule has 1 atom stereocenters. The minimum atomic E-state index is 0.172. The first kappa shape index (κ1) is 10.7. The Balaban J connectivity index is 1.88. The van der Waals surface area contributed by atoms with Crippen molar-refractivity contribution in [2.45, 2.75) is 18.9 Å². The number of piperazine rings is 1. The van der Waals surface area contributed by atoms with Gasteiger partial charge in [-0.1, -0.05) is 0 Å². The predicted molar refractivity (Wildman–Crippen MR) is 58.6 cm³/mol. The van der Waals surface area contributed by atoms with E-state index >= 15 is 0 Å². The van der Waals surface area contributed by atoms with E-state index in [0.717, 1.165) is 52.1 Å². The topological polar surface area (TPSA) is 61.6 Å². The van der Waals surface area contributed by atoms with Crippen LogP contribution in [0.3, 0.4) is 0 Å². The smallest absolute Gasteiger partial charge is 0.320 e. The summed E-state index contributed by atoms with van der Waals surface area (Å²) in [7, 11) is 0. The monoisotopic (exact) mass is 212 g/mol. The number of amides is 2. The maximum Gasteiger partial charge on any atom is 0.320 e. The third kappa shape index (κ3) is 2.60. The van der Waals surface area contributed by atoms with Crippen LogP contribution in [0.2, 0.25) is 0 Å². The molecule has 0 aliphatic carbocycles. The fraction of sp³-hybridized carbons (Fsp3) is 0.900. The van der Waals surface area contributed by atoms with Crippen LogP contribution in [0.5, 0.6) is 0 Å². The van der Waals surface area contributed by atoms with Crippen molar-refractivity contribution in [1.29, 1.82) is 0 Å². The minimum Gasteiger partial charge on any atom is -0.326 e. The van der Waals surface area contributed by atoms with Crippen molar-refractivity contribution in [3.8, 4) is 0 Å². The van der Waals surface area contributed by atoms with Gasteiger partial charge in [0.1, 0.15) is 0 Å². The van der Waals surface area contributed by atoms with Crippen molar-refractivity contribution < 1.29 is 4.79 Å². The maximum atomic E-state index is 12.1. The zero-order valence-electron chi connectivity index (χ0n) is 9.11. The first-order valence-electron chi connectivity index (χ1n) is 5.77. The molecule has 0 radical (unpaired) electrons. The molecule has 0 bridgehead atoms. The average Bonchev–Trinajstić information content (AvgIpc) is 2.29. The van der Waals surface area contributed by atoms with E-state index in [-0.39, 0.29) is 12.1 Å². The van der Waals surface area contributed by atoms with Gasteiger partial charge >= 0.3 is 6.03 Å². The van der Waals surface area contributed by atoms with Gasteiger partial charge in [0, 0.05) is 45.3 Å². The van der Waals surface area contributed by atoms with Gasteiger partial charge in [0.15, 0.2) is 0 Å². The number of piperidine rings is 1. The molecule has 0 aromatic heterocycles. The highest BCUT2D eigenvalue weighted by Gasteiger charge is 2.25. The Hall–Kier alpha value is -0.810. The second-order valence-electron chi connectivity index (χ2n) is 4.37. The van der Waals surface area contributed by atoms with E-state index < -0.39 is 0 Å². The summed E-state index contributed by atoms with van der Waals surface area (Å²) in [6.07, 6.45) is 2.09. The highest BCUT2D eigenvalue weighted by molar-refractivity contribution is 5.74. The van der Waals surface area contributed by atoms with Crippen molar-refractivity contribution in [3.05, 3.63) is 0 Å². The number of urea groups is 1. The van der Waals surface area contributed by atoms with Crippen LogP contribution in [-0.4, -0.2) is 61.1 Å². The highest BCUT2D eigenvalue weighted by atomic mass is 16.2. The lowest BCUT2D eigenvalue weighted by Gasteiger charge is -2.36. The summed E-state index contributed by atoms with van der Waals surface area (Å²) in [5.74, 6) is 0. The Kier molecular flexibility index (Phi) is 3.43. The van der Waals surface area contributed by atoms with E-state index in [4.69, 9.17) is 5.73 Å². The Morgan fingerprint density at radius 2 is 1.93 bits per heavy atom. The molecule has 2 amide bonds. The van der Waals surface area contributed by atoms with Crippen molar-refractivity contribution in [2.24, 2.45) is 5.73 Å². The molecular formula is C10H20N4O. The van der Waals surface area contributed by atoms with Gasteiger partial charge in [-0.15, -0.1) is 0 Å². The van der Waals surface area contributed by atoms with Crippen molar-refractivity contribution in [2.75, 3.05) is 39.3 Å². The van der Waals surface area contributed by atoms with Gasteiger partial charge in [0.2, 0.25) is 0 Å². The second kappa shape index (κ2) is 4.81. The number of carbonyl (C=O) groups excluding carboxylic acids is 1. The van der Waals surface area contributed by atoms with Crippen LogP contribution in [0.1, 0.15) is 12.8 Å². The molecular weight excluding hydrogens is 192 g/mol. The fourth-order valence-electron chi connectivity index (χ4n) is 2.24. The van der Waals surface area contributed by atoms with E-state index in [0.29, 0.717) is 0 Å². The lowest BCUT2D eigenvalue weighted by atomic mass is 10.1.